The molecule has 1 unspecified atom stereocenters. The number of hydrogen-bond donors (Lipinski definition) is 2. The molecule has 0 aromatic rings. The van der Waals surface area contributed by atoms with Crippen molar-refractivity contribution in [1.29, 1.82) is 0 Å². The maximum absolute atomic E-state index is 10.4. The molecule has 0 bridgehead atoms. The van der Waals surface area contributed by atoms with Crippen molar-refractivity contribution in [3.05, 3.63) is 0 Å². The van der Waals surface area contributed by atoms with E-state index in [2.05, 4.69) is 20.8 Å². The maximum atomic E-state index is 10.4. The van der Waals surface area contributed by atoms with Gasteiger partial charge >= 0.3 is 11.9 Å². The van der Waals surface area contributed by atoms with Gasteiger partial charge in [0.15, 0.2) is 0 Å². The van der Waals surface area contributed by atoms with Crippen molar-refractivity contribution >= 4 is 11.9 Å². The molecule has 0 amide bonds. The molecule has 0 aromatic heterocycles. The molecule has 137 valence electrons. The molecule has 0 saturated carbocycles. The third-order valence-electron chi connectivity index (χ3n) is 3.42. The molecule has 0 aliphatic rings. The molecule has 22 heavy (non-hydrogen) atoms. The molecule has 0 fully saturated rings. The third kappa shape index (κ3) is 21.8. The Morgan fingerprint density at radius 2 is 1.50 bits per heavy atom. The summed E-state index contributed by atoms with van der Waals surface area (Å²) < 4.78 is 0. The van der Waals surface area contributed by atoms with E-state index in [9.17, 15) is 9.59 Å². The van der Waals surface area contributed by atoms with Crippen molar-refractivity contribution in [3.63, 3.8) is 0 Å². The van der Waals surface area contributed by atoms with Crippen molar-refractivity contribution in [3.8, 4) is 0 Å². The van der Waals surface area contributed by atoms with Gasteiger partial charge in [-0.2, -0.15) is 0 Å². The van der Waals surface area contributed by atoms with E-state index in [-0.39, 0.29) is 23.0 Å². The zero-order valence-electron chi connectivity index (χ0n) is 14.5. The zero-order chi connectivity index (χ0) is 16.7. The van der Waals surface area contributed by atoms with Crippen LogP contribution in [0.25, 0.3) is 0 Å². The van der Waals surface area contributed by atoms with Gasteiger partial charge in [0.2, 0.25) is 0 Å². The van der Waals surface area contributed by atoms with Crippen molar-refractivity contribution in [1.82, 2.24) is 0 Å². The van der Waals surface area contributed by atoms with Crippen LogP contribution in [-0.4, -0.2) is 22.2 Å². The Hall–Kier alpha value is -0.541. The minimum Gasteiger partial charge on any atom is -0.481 e. The van der Waals surface area contributed by atoms with Crippen LogP contribution in [0.2, 0.25) is 0 Å². The number of carboxylic acids is 2. The summed E-state index contributed by atoms with van der Waals surface area (Å²) in [5.74, 6) is -0.676. The van der Waals surface area contributed by atoms with Gasteiger partial charge in [0.05, 0.1) is 5.92 Å². The summed E-state index contributed by atoms with van der Waals surface area (Å²) in [5.41, 5.74) is 0. The molecule has 5 heteroatoms. The Morgan fingerprint density at radius 3 is 1.86 bits per heavy atom. The molecule has 0 spiro atoms. The van der Waals surface area contributed by atoms with Crippen LogP contribution in [-0.2, 0) is 26.7 Å². The van der Waals surface area contributed by atoms with Crippen LogP contribution < -0.4 is 0 Å². The van der Waals surface area contributed by atoms with Crippen LogP contribution in [0.15, 0.2) is 0 Å². The summed E-state index contributed by atoms with van der Waals surface area (Å²) in [6, 6.07) is 0. The quantitative estimate of drug-likeness (QED) is 0.400. The number of aliphatic carboxylic acids is 2. The Morgan fingerprint density at radius 1 is 0.909 bits per heavy atom. The van der Waals surface area contributed by atoms with E-state index >= 15 is 0 Å². The molecular weight excluding hydrogens is 332 g/mol. The van der Waals surface area contributed by atoms with E-state index in [1.54, 1.807) is 0 Å². The average Bonchev–Trinajstić information content (AvgIpc) is 2.39. The third-order valence-corrected chi connectivity index (χ3v) is 3.42. The first-order valence-corrected chi connectivity index (χ1v) is 8.29. The largest absolute Gasteiger partial charge is 0.481 e. The molecule has 1 radical (unpaired) electrons. The minimum atomic E-state index is -0.672. The SMILES string of the molecule is CC(C)CCCCCC(=O)O.CCCCC(CC)C(=O)O.[Cu]. The summed E-state index contributed by atoms with van der Waals surface area (Å²) in [6.45, 7) is 8.39. The van der Waals surface area contributed by atoms with Gasteiger partial charge in [0, 0.05) is 23.5 Å². The van der Waals surface area contributed by atoms with E-state index in [1.807, 2.05) is 6.92 Å². The first kappa shape index (κ1) is 26.4. The smallest absolute Gasteiger partial charge is 0.306 e. The van der Waals surface area contributed by atoms with Crippen molar-refractivity contribution in [2.24, 2.45) is 11.8 Å². The average molecular weight is 366 g/mol. The Bertz CT molecular complexity index is 267. The van der Waals surface area contributed by atoms with E-state index in [0.717, 1.165) is 44.4 Å². The zero-order valence-corrected chi connectivity index (χ0v) is 15.5. The number of hydrogen-bond acceptors (Lipinski definition) is 2. The van der Waals surface area contributed by atoms with Crippen LogP contribution in [0.5, 0.6) is 0 Å². The van der Waals surface area contributed by atoms with Crippen LogP contribution in [0.3, 0.4) is 0 Å². The molecule has 0 aliphatic heterocycles. The number of rotatable bonds is 11. The molecular formula is C17H34CuO4. The van der Waals surface area contributed by atoms with Crippen LogP contribution in [0.1, 0.15) is 85.5 Å². The summed E-state index contributed by atoms with van der Waals surface area (Å²) in [6.07, 6.45) is 8.33. The number of carbonyl (C=O) groups is 2. The molecule has 0 saturated heterocycles. The molecule has 0 heterocycles. The first-order valence-electron chi connectivity index (χ1n) is 8.29. The van der Waals surface area contributed by atoms with E-state index in [4.69, 9.17) is 10.2 Å². The maximum Gasteiger partial charge on any atom is 0.306 e. The molecule has 0 aromatic carbocycles. The van der Waals surface area contributed by atoms with E-state index in [1.165, 1.54) is 12.8 Å². The molecule has 0 rings (SSSR count). The molecule has 1 atom stereocenters. The fourth-order valence-electron chi connectivity index (χ4n) is 1.96. The summed E-state index contributed by atoms with van der Waals surface area (Å²) >= 11 is 0. The standard InChI is InChI=1S/C9H18O2.C8H16O2.Cu/c1-8(2)6-4-3-5-7-9(10)11;1-3-5-6-7(4-2)8(9)10;/h8H,3-7H2,1-2H3,(H,10,11);7H,3-6H2,1-2H3,(H,9,10);. The van der Waals surface area contributed by atoms with Crippen molar-refractivity contribution < 1.29 is 36.9 Å². The van der Waals surface area contributed by atoms with Gasteiger partial charge in [-0.25, -0.2) is 0 Å². The number of unbranched alkanes of at least 4 members (excludes halogenated alkanes) is 3. The second-order valence-electron chi connectivity index (χ2n) is 5.97. The number of carboxylic acid groups (broad SMARTS) is 2. The van der Waals surface area contributed by atoms with Gasteiger partial charge < -0.3 is 10.2 Å². The predicted molar refractivity (Wildman–Crippen MR) is 86.5 cm³/mol. The monoisotopic (exact) mass is 365 g/mol. The van der Waals surface area contributed by atoms with Gasteiger partial charge in [0.1, 0.15) is 0 Å². The van der Waals surface area contributed by atoms with Gasteiger partial charge in [-0.05, 0) is 25.2 Å². The van der Waals surface area contributed by atoms with Gasteiger partial charge in [-0.15, -0.1) is 0 Å². The summed E-state index contributed by atoms with van der Waals surface area (Å²) in [5, 5.41) is 16.9. The predicted octanol–water partition coefficient (Wildman–Crippen LogP) is 4.96. The molecule has 2 N–H and O–H groups in total. The Labute approximate surface area is 146 Å². The molecule has 4 nitrogen and oxygen atoms in total. The normalized spacial score (nSPS) is 11.1. The molecule has 0 aliphatic carbocycles. The van der Waals surface area contributed by atoms with Crippen LogP contribution in [0, 0.1) is 11.8 Å². The van der Waals surface area contributed by atoms with Crippen LogP contribution >= 0.6 is 0 Å². The Kier molecular flexibility index (Phi) is 22.2. The second-order valence-corrected chi connectivity index (χ2v) is 5.97. The van der Waals surface area contributed by atoms with Crippen LogP contribution in [0.4, 0.5) is 0 Å². The fourth-order valence-corrected chi connectivity index (χ4v) is 1.96. The van der Waals surface area contributed by atoms with Gasteiger partial charge in [-0.1, -0.05) is 59.8 Å². The van der Waals surface area contributed by atoms with Crippen molar-refractivity contribution in [2.45, 2.75) is 85.5 Å². The van der Waals surface area contributed by atoms with E-state index in [0.29, 0.717) is 6.42 Å². The van der Waals surface area contributed by atoms with Gasteiger partial charge in [0.25, 0.3) is 0 Å². The van der Waals surface area contributed by atoms with Gasteiger partial charge in [-0.3, -0.25) is 9.59 Å². The van der Waals surface area contributed by atoms with Crippen molar-refractivity contribution in [2.75, 3.05) is 0 Å². The summed E-state index contributed by atoms with van der Waals surface area (Å²) in [7, 11) is 0. The topological polar surface area (TPSA) is 74.6 Å². The first-order chi connectivity index (χ1) is 9.84. The minimum absolute atomic E-state index is 0. The summed E-state index contributed by atoms with van der Waals surface area (Å²) in [4.78, 5) is 20.5. The van der Waals surface area contributed by atoms with E-state index < -0.39 is 11.9 Å². The second kappa shape index (κ2) is 18.5. The fraction of sp³-hybridized carbons (Fsp3) is 0.882. The Balaban J connectivity index is -0.000000315.